The van der Waals surface area contributed by atoms with Crippen molar-refractivity contribution in [3.05, 3.63) is 33.1 Å². The SMILES string of the molecule is COC1CC(Nc2cc(F)c(Cl)cc2[N+](=O)[O-])C1. The summed E-state index contributed by atoms with van der Waals surface area (Å²) in [6, 6.07) is 2.14. The first-order valence-corrected chi connectivity index (χ1v) is 5.82. The van der Waals surface area contributed by atoms with Crippen molar-refractivity contribution >= 4 is 23.0 Å². The summed E-state index contributed by atoms with van der Waals surface area (Å²) in [6.45, 7) is 0. The van der Waals surface area contributed by atoms with Gasteiger partial charge in [0.2, 0.25) is 0 Å². The van der Waals surface area contributed by atoms with E-state index in [0.717, 1.165) is 25.0 Å². The average molecular weight is 275 g/mol. The molecule has 0 amide bonds. The molecule has 0 aliphatic heterocycles. The quantitative estimate of drug-likeness (QED) is 0.677. The van der Waals surface area contributed by atoms with Crippen molar-refractivity contribution in [2.45, 2.75) is 25.0 Å². The lowest BCUT2D eigenvalue weighted by molar-refractivity contribution is -0.384. The van der Waals surface area contributed by atoms with Crippen molar-refractivity contribution < 1.29 is 14.1 Å². The molecule has 5 nitrogen and oxygen atoms in total. The molecule has 1 aromatic rings. The maximum Gasteiger partial charge on any atom is 0.294 e. The van der Waals surface area contributed by atoms with E-state index in [1.54, 1.807) is 7.11 Å². The molecule has 1 saturated carbocycles. The van der Waals surface area contributed by atoms with Gasteiger partial charge in [0.15, 0.2) is 0 Å². The van der Waals surface area contributed by atoms with E-state index in [9.17, 15) is 14.5 Å². The van der Waals surface area contributed by atoms with Crippen LogP contribution in [0.15, 0.2) is 12.1 Å². The molecule has 0 saturated heterocycles. The summed E-state index contributed by atoms with van der Waals surface area (Å²) in [7, 11) is 1.62. The van der Waals surface area contributed by atoms with Gasteiger partial charge in [-0.05, 0) is 12.8 Å². The lowest BCUT2D eigenvalue weighted by Crippen LogP contribution is -2.40. The Morgan fingerprint density at radius 2 is 2.22 bits per heavy atom. The van der Waals surface area contributed by atoms with E-state index in [2.05, 4.69) is 5.32 Å². The predicted octanol–water partition coefficient (Wildman–Crippen LogP) is 2.98. The molecule has 98 valence electrons. The highest BCUT2D eigenvalue weighted by molar-refractivity contribution is 6.31. The van der Waals surface area contributed by atoms with Gasteiger partial charge < -0.3 is 10.1 Å². The topological polar surface area (TPSA) is 64.4 Å². The number of rotatable bonds is 4. The highest BCUT2D eigenvalue weighted by Crippen LogP contribution is 2.34. The zero-order valence-electron chi connectivity index (χ0n) is 9.65. The van der Waals surface area contributed by atoms with E-state index in [4.69, 9.17) is 16.3 Å². The van der Waals surface area contributed by atoms with Crippen LogP contribution in [-0.4, -0.2) is 24.2 Å². The first-order chi connectivity index (χ1) is 8.51. The smallest absolute Gasteiger partial charge is 0.294 e. The lowest BCUT2D eigenvalue weighted by atomic mass is 9.89. The number of nitro benzene ring substituents is 1. The van der Waals surface area contributed by atoms with Crippen LogP contribution < -0.4 is 5.32 Å². The molecule has 0 unspecified atom stereocenters. The van der Waals surface area contributed by atoms with Gasteiger partial charge in [0.05, 0.1) is 16.0 Å². The minimum atomic E-state index is -0.674. The Labute approximate surface area is 108 Å². The van der Waals surface area contributed by atoms with Gasteiger partial charge in [-0.3, -0.25) is 10.1 Å². The van der Waals surface area contributed by atoms with Crippen LogP contribution in [-0.2, 0) is 4.74 Å². The number of hydrogen-bond acceptors (Lipinski definition) is 4. The number of nitrogens with zero attached hydrogens (tertiary/aromatic N) is 1. The fourth-order valence-corrected chi connectivity index (χ4v) is 2.06. The Morgan fingerprint density at radius 1 is 1.56 bits per heavy atom. The summed E-state index contributed by atoms with van der Waals surface area (Å²) >= 11 is 5.53. The number of hydrogen-bond donors (Lipinski definition) is 1. The second kappa shape index (κ2) is 5.07. The Balaban J connectivity index is 2.16. The van der Waals surface area contributed by atoms with Crippen molar-refractivity contribution in [2.75, 3.05) is 12.4 Å². The van der Waals surface area contributed by atoms with E-state index in [1.807, 2.05) is 0 Å². The van der Waals surface area contributed by atoms with Gasteiger partial charge in [0.1, 0.15) is 11.5 Å². The van der Waals surface area contributed by atoms with Crippen molar-refractivity contribution in [1.82, 2.24) is 0 Å². The molecule has 0 atom stereocenters. The lowest BCUT2D eigenvalue weighted by Gasteiger charge is -2.35. The summed E-state index contributed by atoms with van der Waals surface area (Å²) in [6.07, 6.45) is 1.66. The first kappa shape index (κ1) is 13.0. The molecule has 1 fully saturated rings. The predicted molar refractivity (Wildman–Crippen MR) is 65.5 cm³/mol. The van der Waals surface area contributed by atoms with E-state index in [1.165, 1.54) is 0 Å². The van der Waals surface area contributed by atoms with E-state index in [0.29, 0.717) is 0 Å². The maximum absolute atomic E-state index is 13.3. The van der Waals surface area contributed by atoms with E-state index >= 15 is 0 Å². The molecular formula is C11H12ClFN2O3. The van der Waals surface area contributed by atoms with Gasteiger partial charge in [-0.25, -0.2) is 4.39 Å². The zero-order chi connectivity index (χ0) is 13.3. The van der Waals surface area contributed by atoms with Crippen LogP contribution in [0.25, 0.3) is 0 Å². The molecule has 0 aromatic heterocycles. The summed E-state index contributed by atoms with van der Waals surface area (Å²) in [5, 5.41) is 13.5. The standard InChI is InChI=1S/C11H12ClFN2O3/c1-18-7-2-6(3-7)14-10-5-9(13)8(12)4-11(10)15(16)17/h4-7,14H,2-3H2,1H3. The van der Waals surface area contributed by atoms with Gasteiger partial charge >= 0.3 is 0 Å². The van der Waals surface area contributed by atoms with Crippen LogP contribution in [0.3, 0.4) is 0 Å². The summed E-state index contributed by atoms with van der Waals surface area (Å²) in [5.74, 6) is -0.674. The fraction of sp³-hybridized carbons (Fsp3) is 0.455. The van der Waals surface area contributed by atoms with Gasteiger partial charge in [0.25, 0.3) is 5.69 Å². The van der Waals surface area contributed by atoms with E-state index in [-0.39, 0.29) is 28.5 Å². The van der Waals surface area contributed by atoms with Gasteiger partial charge in [0, 0.05) is 25.3 Å². The van der Waals surface area contributed by atoms with Crippen molar-refractivity contribution in [3.8, 4) is 0 Å². The third-order valence-electron chi connectivity index (χ3n) is 3.02. The Morgan fingerprint density at radius 3 is 2.78 bits per heavy atom. The molecule has 0 bridgehead atoms. The Bertz CT molecular complexity index is 478. The number of ether oxygens (including phenoxy) is 1. The minimum Gasteiger partial charge on any atom is -0.381 e. The van der Waals surface area contributed by atoms with Crippen LogP contribution in [0.5, 0.6) is 0 Å². The van der Waals surface area contributed by atoms with Crippen LogP contribution in [0.2, 0.25) is 5.02 Å². The summed E-state index contributed by atoms with van der Waals surface area (Å²) in [5.41, 5.74) is -0.0660. The molecular weight excluding hydrogens is 263 g/mol. The monoisotopic (exact) mass is 274 g/mol. The van der Waals surface area contributed by atoms with Crippen LogP contribution >= 0.6 is 11.6 Å². The second-order valence-electron chi connectivity index (χ2n) is 4.21. The van der Waals surface area contributed by atoms with Gasteiger partial charge in [-0.2, -0.15) is 0 Å². The van der Waals surface area contributed by atoms with Crippen LogP contribution in [0.1, 0.15) is 12.8 Å². The number of nitro groups is 1. The normalized spacial score (nSPS) is 22.4. The Hall–Kier alpha value is -1.40. The molecule has 0 spiro atoms. The fourth-order valence-electron chi connectivity index (χ4n) is 1.90. The molecule has 1 aliphatic carbocycles. The molecule has 1 aliphatic rings. The maximum atomic E-state index is 13.3. The molecule has 1 aromatic carbocycles. The molecule has 7 heteroatoms. The van der Waals surface area contributed by atoms with Crippen molar-refractivity contribution in [3.63, 3.8) is 0 Å². The highest BCUT2D eigenvalue weighted by Gasteiger charge is 2.30. The van der Waals surface area contributed by atoms with Crippen LogP contribution in [0.4, 0.5) is 15.8 Å². The van der Waals surface area contributed by atoms with E-state index < -0.39 is 10.7 Å². The zero-order valence-corrected chi connectivity index (χ0v) is 10.4. The molecule has 0 heterocycles. The number of benzene rings is 1. The number of anilines is 1. The molecule has 1 N–H and O–H groups in total. The van der Waals surface area contributed by atoms with Gasteiger partial charge in [-0.15, -0.1) is 0 Å². The first-order valence-electron chi connectivity index (χ1n) is 5.44. The number of methoxy groups -OCH3 is 1. The molecule has 18 heavy (non-hydrogen) atoms. The van der Waals surface area contributed by atoms with Crippen LogP contribution in [0, 0.1) is 15.9 Å². The number of halogens is 2. The second-order valence-corrected chi connectivity index (χ2v) is 4.62. The highest BCUT2D eigenvalue weighted by atomic mass is 35.5. The number of nitrogens with one attached hydrogen (secondary N) is 1. The molecule has 2 rings (SSSR count). The van der Waals surface area contributed by atoms with Gasteiger partial charge in [-0.1, -0.05) is 11.6 Å². The molecule has 0 radical (unpaired) electrons. The Kier molecular flexibility index (Phi) is 3.68. The summed E-state index contributed by atoms with van der Waals surface area (Å²) < 4.78 is 18.4. The third-order valence-corrected chi connectivity index (χ3v) is 3.31. The van der Waals surface area contributed by atoms with Crippen molar-refractivity contribution in [1.29, 1.82) is 0 Å². The van der Waals surface area contributed by atoms with Crippen molar-refractivity contribution in [2.24, 2.45) is 0 Å². The summed E-state index contributed by atoms with van der Waals surface area (Å²) in [4.78, 5) is 10.3. The largest absolute Gasteiger partial charge is 0.381 e. The third kappa shape index (κ3) is 2.54. The minimum absolute atomic E-state index is 0.0641. The average Bonchev–Trinajstić information content (AvgIpc) is 2.26.